The zero-order valence-electron chi connectivity index (χ0n) is 29.4. The van der Waals surface area contributed by atoms with E-state index in [4.69, 9.17) is 28.4 Å². The molecule has 1 N–H and O–H groups in total. The Bertz CT molecular complexity index is 1550. The molecule has 1 fully saturated rings. The molecule has 3 aliphatic heterocycles. The molecule has 0 radical (unpaired) electrons. The predicted octanol–water partition coefficient (Wildman–Crippen LogP) is 6.10. The molecule has 1 saturated heterocycles. The van der Waals surface area contributed by atoms with Crippen molar-refractivity contribution in [2.24, 2.45) is 11.8 Å². The summed E-state index contributed by atoms with van der Waals surface area (Å²) in [5.41, 5.74) is 5.29. The van der Waals surface area contributed by atoms with Crippen LogP contribution in [0, 0.1) is 11.8 Å². The lowest BCUT2D eigenvalue weighted by atomic mass is 9.72. The molecule has 6 rings (SSSR count). The highest BCUT2D eigenvalue weighted by molar-refractivity contribution is 5.51. The van der Waals surface area contributed by atoms with Crippen LogP contribution < -0.4 is 28.4 Å². The first kappa shape index (κ1) is 34.2. The largest absolute Gasteiger partial charge is 0.493 e. The van der Waals surface area contributed by atoms with Crippen molar-refractivity contribution >= 4 is 0 Å². The lowest BCUT2D eigenvalue weighted by Gasteiger charge is -2.49. The van der Waals surface area contributed by atoms with Crippen LogP contribution in [-0.2, 0) is 12.8 Å². The highest BCUT2D eigenvalue weighted by atomic mass is 16.5. The quantitative estimate of drug-likeness (QED) is 0.234. The second kappa shape index (κ2) is 15.3. The van der Waals surface area contributed by atoms with Gasteiger partial charge in [-0.2, -0.15) is 0 Å². The number of hydrogen-bond donors (Lipinski definition) is 1. The Morgan fingerprint density at radius 3 is 1.96 bits per heavy atom. The van der Waals surface area contributed by atoms with Crippen molar-refractivity contribution in [3.8, 4) is 34.5 Å². The Morgan fingerprint density at radius 2 is 1.31 bits per heavy atom. The first-order chi connectivity index (χ1) is 23.4. The summed E-state index contributed by atoms with van der Waals surface area (Å²) in [6.45, 7) is 6.01. The minimum atomic E-state index is -0.671. The minimum Gasteiger partial charge on any atom is -0.493 e. The van der Waals surface area contributed by atoms with E-state index >= 15 is 0 Å². The number of nitrogens with zero attached hydrogens (tertiary/aromatic N) is 2. The second-order valence-electron chi connectivity index (χ2n) is 13.3. The van der Waals surface area contributed by atoms with E-state index in [0.29, 0.717) is 35.9 Å². The van der Waals surface area contributed by atoms with Crippen LogP contribution in [-0.4, -0.2) is 89.3 Å². The van der Waals surface area contributed by atoms with Crippen LogP contribution in [0.4, 0.5) is 0 Å². The monoisotopic (exact) mass is 660 g/mol. The van der Waals surface area contributed by atoms with E-state index in [2.05, 4.69) is 41.0 Å². The Kier molecular flexibility index (Phi) is 10.9. The van der Waals surface area contributed by atoms with Crippen LogP contribution in [0.5, 0.6) is 34.5 Å². The molecule has 0 bridgehead atoms. The topological polar surface area (TPSA) is 82.1 Å². The summed E-state index contributed by atoms with van der Waals surface area (Å²) in [6.07, 6.45) is 4.43. The lowest BCUT2D eigenvalue weighted by molar-refractivity contribution is 0.0138. The van der Waals surface area contributed by atoms with Crippen molar-refractivity contribution in [2.45, 2.75) is 57.2 Å². The lowest BCUT2D eigenvalue weighted by Crippen LogP contribution is -2.48. The summed E-state index contributed by atoms with van der Waals surface area (Å²) in [7, 11) is 8.45. The van der Waals surface area contributed by atoms with Crippen LogP contribution in [0.25, 0.3) is 0 Å². The van der Waals surface area contributed by atoms with Gasteiger partial charge in [0, 0.05) is 38.3 Å². The number of para-hydroxylation sites is 2. The number of aliphatic hydroxyl groups is 1. The molecule has 9 heteroatoms. The summed E-state index contributed by atoms with van der Waals surface area (Å²) in [5, 5.41) is 11.4. The van der Waals surface area contributed by atoms with E-state index in [1.165, 1.54) is 22.3 Å². The van der Waals surface area contributed by atoms with Gasteiger partial charge >= 0.3 is 0 Å². The number of β-amino-alcohol motifs (C(OH)–C–C–N with tert-alkyl or cyclic N) is 1. The fourth-order valence-corrected chi connectivity index (χ4v) is 8.36. The molecule has 260 valence electrons. The fraction of sp³-hybridized carbons (Fsp3) is 0.538. The first-order valence-corrected chi connectivity index (χ1v) is 17.3. The van der Waals surface area contributed by atoms with E-state index in [1.54, 1.807) is 35.5 Å². The van der Waals surface area contributed by atoms with Gasteiger partial charge in [0.15, 0.2) is 34.5 Å². The molecule has 3 aliphatic rings. The van der Waals surface area contributed by atoms with Gasteiger partial charge in [0.2, 0.25) is 0 Å². The molecule has 0 spiro atoms. The smallest absolute Gasteiger partial charge is 0.161 e. The van der Waals surface area contributed by atoms with Crippen LogP contribution in [0.3, 0.4) is 0 Å². The van der Waals surface area contributed by atoms with Gasteiger partial charge in [-0.05, 0) is 96.2 Å². The normalized spacial score (nSPS) is 22.9. The SMILES string of the molecule is CC[C@H]1CN2CCc3cc(OC)c(OC)cc3[C@@H]2C[C@@H]1CC1c2cc(OC)c(OC)cc2CCN1CC(O)COc1ccccc1OC. The molecule has 9 nitrogen and oxygen atoms in total. The zero-order valence-corrected chi connectivity index (χ0v) is 29.4. The standard InChI is InChI=1S/C39H52N2O7/c1-7-25-22-40-14-12-26-18-36(44-3)38(46-5)20-30(26)32(40)16-28(25)17-33-31-21-39(47-6)37(45-4)19-27(31)13-15-41(33)23-29(42)24-48-35-11-9-8-10-34(35)43-2/h8-11,18-21,25,28-29,32-33,42H,7,12-17,22-24H2,1-6H3/t25-,28+,29?,32-,33?/m0/s1. The van der Waals surface area contributed by atoms with Gasteiger partial charge in [-0.15, -0.1) is 0 Å². The maximum atomic E-state index is 11.4. The number of hydrogen-bond acceptors (Lipinski definition) is 9. The number of piperidine rings is 1. The maximum Gasteiger partial charge on any atom is 0.161 e. The Morgan fingerprint density at radius 1 is 0.729 bits per heavy atom. The summed E-state index contributed by atoms with van der Waals surface area (Å²) >= 11 is 0. The highest BCUT2D eigenvalue weighted by Crippen LogP contribution is 2.49. The number of rotatable bonds is 13. The number of aliphatic hydroxyl groups excluding tert-OH is 1. The van der Waals surface area contributed by atoms with E-state index in [0.717, 1.165) is 74.7 Å². The fourth-order valence-electron chi connectivity index (χ4n) is 8.36. The van der Waals surface area contributed by atoms with Gasteiger partial charge in [0.1, 0.15) is 12.7 Å². The highest BCUT2D eigenvalue weighted by Gasteiger charge is 2.41. The Balaban J connectivity index is 1.28. The van der Waals surface area contributed by atoms with Crippen molar-refractivity contribution in [3.05, 3.63) is 70.8 Å². The summed E-state index contributed by atoms with van der Waals surface area (Å²) < 4.78 is 34.4. The first-order valence-electron chi connectivity index (χ1n) is 17.3. The Labute approximate surface area is 285 Å². The van der Waals surface area contributed by atoms with Gasteiger partial charge in [-0.1, -0.05) is 25.5 Å². The van der Waals surface area contributed by atoms with Gasteiger partial charge < -0.3 is 33.5 Å². The maximum absolute atomic E-state index is 11.4. The number of methoxy groups -OCH3 is 5. The van der Waals surface area contributed by atoms with Crippen LogP contribution in [0.2, 0.25) is 0 Å². The molecule has 2 unspecified atom stereocenters. The number of fused-ring (bicyclic) bond motifs is 4. The molecule has 3 aromatic rings. The van der Waals surface area contributed by atoms with Crippen molar-refractivity contribution in [1.82, 2.24) is 9.80 Å². The molecule has 0 aromatic heterocycles. The van der Waals surface area contributed by atoms with E-state index < -0.39 is 6.10 Å². The molecule has 0 amide bonds. The third-order valence-electron chi connectivity index (χ3n) is 10.9. The van der Waals surface area contributed by atoms with Gasteiger partial charge in [0.25, 0.3) is 0 Å². The predicted molar refractivity (Wildman–Crippen MR) is 186 cm³/mol. The van der Waals surface area contributed by atoms with Crippen molar-refractivity contribution in [3.63, 3.8) is 0 Å². The van der Waals surface area contributed by atoms with E-state index in [1.807, 2.05) is 24.3 Å². The van der Waals surface area contributed by atoms with Gasteiger partial charge in [0.05, 0.1) is 35.5 Å². The molecule has 3 aromatic carbocycles. The third-order valence-corrected chi connectivity index (χ3v) is 10.9. The molecule has 48 heavy (non-hydrogen) atoms. The summed E-state index contributed by atoms with van der Waals surface area (Å²) in [5.74, 6) is 5.46. The minimum absolute atomic E-state index is 0.119. The molecule has 0 aliphatic carbocycles. The van der Waals surface area contributed by atoms with Crippen molar-refractivity contribution in [2.75, 3.05) is 68.3 Å². The van der Waals surface area contributed by atoms with Crippen molar-refractivity contribution < 1.29 is 33.5 Å². The zero-order chi connectivity index (χ0) is 33.8. The van der Waals surface area contributed by atoms with Crippen LogP contribution >= 0.6 is 0 Å². The number of benzene rings is 3. The van der Waals surface area contributed by atoms with Crippen molar-refractivity contribution in [1.29, 1.82) is 0 Å². The Hall–Kier alpha value is -3.66. The van der Waals surface area contributed by atoms with Gasteiger partial charge in [-0.3, -0.25) is 9.80 Å². The third kappa shape index (κ3) is 6.91. The average molecular weight is 661 g/mol. The molecule has 3 heterocycles. The molecule has 5 atom stereocenters. The summed E-state index contributed by atoms with van der Waals surface area (Å²) in [4.78, 5) is 5.16. The van der Waals surface area contributed by atoms with E-state index in [9.17, 15) is 5.11 Å². The summed E-state index contributed by atoms with van der Waals surface area (Å²) in [6, 6.07) is 16.7. The number of ether oxygens (including phenoxy) is 6. The van der Waals surface area contributed by atoms with E-state index in [-0.39, 0.29) is 12.6 Å². The average Bonchev–Trinajstić information content (AvgIpc) is 3.13. The van der Waals surface area contributed by atoms with Crippen LogP contribution in [0.1, 0.15) is 60.5 Å². The molecule has 0 saturated carbocycles. The molecular formula is C39H52N2O7. The van der Waals surface area contributed by atoms with Gasteiger partial charge in [-0.25, -0.2) is 0 Å². The molecular weight excluding hydrogens is 608 g/mol. The van der Waals surface area contributed by atoms with Crippen LogP contribution in [0.15, 0.2) is 48.5 Å². The second-order valence-corrected chi connectivity index (χ2v) is 13.3.